The molecule has 2 aromatic carbocycles. The Bertz CT molecular complexity index is 837. The molecular weight excluding hydrogens is 298 g/mol. The molecule has 1 aromatic heterocycles. The van der Waals surface area contributed by atoms with Crippen molar-refractivity contribution in [3.8, 4) is 5.69 Å². The van der Waals surface area contributed by atoms with E-state index in [0.717, 1.165) is 11.3 Å². The van der Waals surface area contributed by atoms with Crippen molar-refractivity contribution in [1.82, 2.24) is 9.78 Å². The molecule has 0 saturated carbocycles. The second kappa shape index (κ2) is 5.66. The van der Waals surface area contributed by atoms with Gasteiger partial charge in [0.05, 0.1) is 17.4 Å². The number of nitrogens with two attached hydrogens (primary N) is 1. The summed E-state index contributed by atoms with van der Waals surface area (Å²) < 4.78 is 1.53. The molecule has 0 radical (unpaired) electrons. The summed E-state index contributed by atoms with van der Waals surface area (Å²) in [6.07, 6.45) is 1.49. The predicted molar refractivity (Wildman–Crippen MR) is 87.6 cm³/mol. The van der Waals surface area contributed by atoms with Crippen molar-refractivity contribution in [2.45, 2.75) is 6.92 Å². The highest BCUT2D eigenvalue weighted by molar-refractivity contribution is 6.30. The van der Waals surface area contributed by atoms with E-state index in [4.69, 9.17) is 17.3 Å². The van der Waals surface area contributed by atoms with Gasteiger partial charge in [-0.1, -0.05) is 35.4 Å². The van der Waals surface area contributed by atoms with Crippen molar-refractivity contribution in [3.63, 3.8) is 0 Å². The van der Waals surface area contributed by atoms with Crippen LogP contribution in [0.2, 0.25) is 5.02 Å². The number of aryl methyl sites for hydroxylation is 1. The summed E-state index contributed by atoms with van der Waals surface area (Å²) in [4.78, 5) is 12.6. The van der Waals surface area contributed by atoms with Crippen LogP contribution in [-0.4, -0.2) is 15.6 Å². The van der Waals surface area contributed by atoms with Gasteiger partial charge < -0.3 is 5.73 Å². The van der Waals surface area contributed by atoms with Crippen LogP contribution in [0.4, 0.5) is 5.82 Å². The van der Waals surface area contributed by atoms with Gasteiger partial charge in [-0.2, -0.15) is 5.10 Å². The maximum absolute atomic E-state index is 12.6. The van der Waals surface area contributed by atoms with E-state index >= 15 is 0 Å². The summed E-state index contributed by atoms with van der Waals surface area (Å²) in [7, 11) is 0. The molecule has 110 valence electrons. The number of carbonyl (C=O) groups excluding carboxylic acids is 1. The van der Waals surface area contributed by atoms with Crippen molar-refractivity contribution < 1.29 is 4.79 Å². The van der Waals surface area contributed by atoms with E-state index in [9.17, 15) is 4.79 Å². The Kier molecular flexibility index (Phi) is 3.69. The van der Waals surface area contributed by atoms with Gasteiger partial charge in [0, 0.05) is 10.6 Å². The van der Waals surface area contributed by atoms with E-state index in [1.807, 2.05) is 25.1 Å². The molecule has 0 aliphatic carbocycles. The molecule has 4 nitrogen and oxygen atoms in total. The minimum atomic E-state index is -0.138. The fourth-order valence-corrected chi connectivity index (χ4v) is 2.39. The molecular formula is C17H14ClN3O. The molecule has 3 aromatic rings. The van der Waals surface area contributed by atoms with E-state index < -0.39 is 0 Å². The van der Waals surface area contributed by atoms with Gasteiger partial charge in [-0.3, -0.25) is 4.79 Å². The van der Waals surface area contributed by atoms with Crippen LogP contribution < -0.4 is 5.73 Å². The number of halogens is 1. The van der Waals surface area contributed by atoms with Gasteiger partial charge in [-0.25, -0.2) is 4.68 Å². The zero-order chi connectivity index (χ0) is 15.7. The summed E-state index contributed by atoms with van der Waals surface area (Å²) >= 11 is 5.87. The van der Waals surface area contributed by atoms with E-state index in [1.54, 1.807) is 30.3 Å². The quantitative estimate of drug-likeness (QED) is 0.751. The van der Waals surface area contributed by atoms with Gasteiger partial charge in [-0.15, -0.1) is 0 Å². The van der Waals surface area contributed by atoms with Gasteiger partial charge in [0.1, 0.15) is 5.82 Å². The zero-order valence-corrected chi connectivity index (χ0v) is 12.7. The summed E-state index contributed by atoms with van der Waals surface area (Å²) in [5.74, 6) is 0.176. The molecule has 0 atom stereocenters. The van der Waals surface area contributed by atoms with Crippen LogP contribution >= 0.6 is 11.6 Å². The number of nitrogen functional groups attached to an aromatic ring is 1. The molecule has 0 aliphatic heterocycles. The Morgan fingerprint density at radius 3 is 2.59 bits per heavy atom. The van der Waals surface area contributed by atoms with E-state index in [2.05, 4.69) is 5.10 Å². The van der Waals surface area contributed by atoms with Crippen molar-refractivity contribution in [2.24, 2.45) is 0 Å². The Balaban J connectivity index is 2.00. The molecule has 0 unspecified atom stereocenters. The highest BCUT2D eigenvalue weighted by atomic mass is 35.5. The molecule has 2 N–H and O–H groups in total. The molecule has 0 saturated heterocycles. The first-order valence-corrected chi connectivity index (χ1v) is 7.15. The lowest BCUT2D eigenvalue weighted by Gasteiger charge is -2.05. The maximum atomic E-state index is 12.6. The lowest BCUT2D eigenvalue weighted by Crippen LogP contribution is -2.07. The minimum absolute atomic E-state index is 0.138. The average Bonchev–Trinajstić information content (AvgIpc) is 2.89. The summed E-state index contributed by atoms with van der Waals surface area (Å²) in [6.45, 7) is 1.94. The maximum Gasteiger partial charge on any atom is 0.198 e. The van der Waals surface area contributed by atoms with Crippen molar-refractivity contribution in [2.75, 3.05) is 5.73 Å². The fourth-order valence-electron chi connectivity index (χ4n) is 2.26. The molecule has 0 fully saturated rings. The second-order valence-corrected chi connectivity index (χ2v) is 5.47. The molecule has 0 aliphatic rings. The first kappa shape index (κ1) is 14.4. The number of aromatic nitrogens is 2. The SMILES string of the molecule is Cc1cccc(C(=O)c2cnn(-c3ccc(Cl)cc3)c2N)c1. The lowest BCUT2D eigenvalue weighted by molar-refractivity contribution is 0.103. The normalized spacial score (nSPS) is 10.6. The van der Waals surface area contributed by atoms with Crippen LogP contribution in [0, 0.1) is 6.92 Å². The molecule has 0 amide bonds. The van der Waals surface area contributed by atoms with Crippen LogP contribution in [0.3, 0.4) is 0 Å². The third-order valence-corrected chi connectivity index (χ3v) is 3.65. The Morgan fingerprint density at radius 2 is 1.91 bits per heavy atom. The third-order valence-electron chi connectivity index (χ3n) is 3.40. The van der Waals surface area contributed by atoms with Gasteiger partial charge in [0.2, 0.25) is 0 Å². The van der Waals surface area contributed by atoms with Crippen LogP contribution in [-0.2, 0) is 0 Å². The fraction of sp³-hybridized carbons (Fsp3) is 0.0588. The minimum Gasteiger partial charge on any atom is -0.383 e. The zero-order valence-electron chi connectivity index (χ0n) is 12.0. The van der Waals surface area contributed by atoms with Gasteiger partial charge in [0.15, 0.2) is 5.78 Å². The number of rotatable bonds is 3. The number of benzene rings is 2. The summed E-state index contributed by atoms with van der Waals surface area (Å²) in [6, 6.07) is 14.5. The summed E-state index contributed by atoms with van der Waals surface area (Å²) in [5, 5.41) is 4.84. The molecule has 3 rings (SSSR count). The van der Waals surface area contributed by atoms with E-state index in [0.29, 0.717) is 22.0 Å². The third kappa shape index (κ3) is 2.61. The first-order chi connectivity index (χ1) is 10.6. The van der Waals surface area contributed by atoms with Crippen LogP contribution in [0.15, 0.2) is 54.7 Å². The predicted octanol–water partition coefficient (Wildman–Crippen LogP) is 3.65. The van der Waals surface area contributed by atoms with Crippen LogP contribution in [0.1, 0.15) is 21.5 Å². The number of anilines is 1. The van der Waals surface area contributed by atoms with Crippen molar-refractivity contribution >= 4 is 23.2 Å². The van der Waals surface area contributed by atoms with Gasteiger partial charge >= 0.3 is 0 Å². The number of hydrogen-bond donors (Lipinski definition) is 1. The first-order valence-electron chi connectivity index (χ1n) is 6.77. The molecule has 0 spiro atoms. The van der Waals surface area contributed by atoms with Gasteiger partial charge in [-0.05, 0) is 37.3 Å². The Morgan fingerprint density at radius 1 is 1.18 bits per heavy atom. The van der Waals surface area contributed by atoms with Gasteiger partial charge in [0.25, 0.3) is 0 Å². The van der Waals surface area contributed by atoms with E-state index in [-0.39, 0.29) is 5.78 Å². The average molecular weight is 312 g/mol. The Labute approximate surface area is 133 Å². The number of nitrogens with zero attached hydrogens (tertiary/aromatic N) is 2. The smallest absolute Gasteiger partial charge is 0.198 e. The van der Waals surface area contributed by atoms with E-state index in [1.165, 1.54) is 10.9 Å². The Hall–Kier alpha value is -2.59. The van der Waals surface area contributed by atoms with Crippen molar-refractivity contribution in [1.29, 1.82) is 0 Å². The molecule has 0 bridgehead atoms. The lowest BCUT2D eigenvalue weighted by atomic mass is 10.0. The molecule has 22 heavy (non-hydrogen) atoms. The van der Waals surface area contributed by atoms with Crippen molar-refractivity contribution in [3.05, 3.63) is 76.4 Å². The topological polar surface area (TPSA) is 60.9 Å². The highest BCUT2D eigenvalue weighted by Crippen LogP contribution is 2.21. The number of carbonyl (C=O) groups is 1. The monoisotopic (exact) mass is 311 g/mol. The molecule has 1 heterocycles. The number of ketones is 1. The molecule has 5 heteroatoms. The standard InChI is InChI=1S/C17H14ClN3O/c1-11-3-2-4-12(9-11)16(22)15-10-20-21(17(15)19)14-7-5-13(18)6-8-14/h2-10H,19H2,1H3. The number of hydrogen-bond acceptors (Lipinski definition) is 3. The second-order valence-electron chi connectivity index (χ2n) is 5.03. The van der Waals surface area contributed by atoms with Crippen LogP contribution in [0.25, 0.3) is 5.69 Å². The summed E-state index contributed by atoms with van der Waals surface area (Å²) in [5.41, 5.74) is 8.86. The largest absolute Gasteiger partial charge is 0.383 e. The van der Waals surface area contributed by atoms with Crippen LogP contribution in [0.5, 0.6) is 0 Å². The highest BCUT2D eigenvalue weighted by Gasteiger charge is 2.17.